The summed E-state index contributed by atoms with van der Waals surface area (Å²) in [6, 6.07) is 6.10. The Labute approximate surface area is 421 Å². The Bertz CT molecular complexity index is 2430. The highest BCUT2D eigenvalue weighted by atomic mass is 16.2. The van der Waals surface area contributed by atoms with Gasteiger partial charge in [-0.15, -0.1) is 0 Å². The van der Waals surface area contributed by atoms with Gasteiger partial charge in [-0.2, -0.15) is 0 Å². The van der Waals surface area contributed by atoms with E-state index in [0.717, 1.165) is 10.9 Å². The van der Waals surface area contributed by atoms with Crippen molar-refractivity contribution in [1.82, 2.24) is 58.2 Å². The minimum atomic E-state index is -1.64. The number of benzene rings is 2. The van der Waals surface area contributed by atoms with Crippen LogP contribution < -0.4 is 76.1 Å². The molecule has 1 aliphatic rings. The van der Waals surface area contributed by atoms with Crippen LogP contribution in [0.15, 0.2) is 60.8 Å². The number of guanidine groups is 2. The summed E-state index contributed by atoms with van der Waals surface area (Å²) in [6.07, 6.45) is 1.73. The largest absolute Gasteiger partial charge is 0.370 e. The SMILES string of the molecule is CC(=O)N[C@@H](CCCNC(=N)N)C(=O)N[C@H]1CC(=O)NCCCCC(C(N)=O)NC(=O)[C@H](Cc2c[nH]c3ccccc23)NC(=O)[C@H](CCCNC(=N)N)NC(=O)[C@@H](Cc2ccccc2)NC(=O)[C@H](CN)NC1=O. The molecule has 2 aromatic carbocycles. The van der Waals surface area contributed by atoms with Gasteiger partial charge in [-0.1, -0.05) is 48.5 Å². The van der Waals surface area contributed by atoms with E-state index in [0.29, 0.717) is 11.1 Å². The van der Waals surface area contributed by atoms with Crippen molar-refractivity contribution in [2.75, 3.05) is 26.2 Å². The molecule has 4 rings (SSSR count). The van der Waals surface area contributed by atoms with Crippen LogP contribution in [0.25, 0.3) is 10.9 Å². The zero-order chi connectivity index (χ0) is 53.5. The number of carbonyl (C=O) groups excluding carboxylic acids is 9. The Morgan fingerprint density at radius 1 is 0.712 bits per heavy atom. The predicted molar refractivity (Wildman–Crippen MR) is 269 cm³/mol. The highest BCUT2D eigenvalue weighted by molar-refractivity contribution is 5.99. The molecule has 2 heterocycles. The fourth-order valence-corrected chi connectivity index (χ4v) is 7.95. The van der Waals surface area contributed by atoms with Crippen LogP contribution in [0.5, 0.6) is 0 Å². The van der Waals surface area contributed by atoms with Crippen LogP contribution in [0.4, 0.5) is 0 Å². The van der Waals surface area contributed by atoms with Crippen molar-refractivity contribution in [2.45, 2.75) is 113 Å². The van der Waals surface area contributed by atoms with Crippen LogP contribution in [-0.4, -0.2) is 139 Å². The number of aromatic nitrogens is 1. The quantitative estimate of drug-likeness (QED) is 0.0349. The van der Waals surface area contributed by atoms with Gasteiger partial charge in [-0.05, 0) is 62.1 Å². The van der Waals surface area contributed by atoms with Gasteiger partial charge in [-0.3, -0.25) is 54.0 Å². The van der Waals surface area contributed by atoms with E-state index in [1.165, 1.54) is 6.92 Å². The smallest absolute Gasteiger partial charge is 0.244 e. The number of carbonyl (C=O) groups is 9. The van der Waals surface area contributed by atoms with Gasteiger partial charge in [0.1, 0.15) is 42.3 Å². The molecule has 9 amide bonds. The molecule has 26 heteroatoms. The number of hydrogen-bond acceptors (Lipinski definition) is 12. The maximum absolute atomic E-state index is 14.5. The number of rotatable bonds is 17. The third-order valence-corrected chi connectivity index (χ3v) is 11.7. The van der Waals surface area contributed by atoms with Crippen molar-refractivity contribution in [3.63, 3.8) is 0 Å². The highest BCUT2D eigenvalue weighted by Crippen LogP contribution is 2.20. The molecule has 0 spiro atoms. The first kappa shape index (κ1) is 57.3. The minimum absolute atomic E-state index is 0.0123. The zero-order valence-electron chi connectivity index (χ0n) is 40.7. The first-order valence-electron chi connectivity index (χ1n) is 23.9. The molecule has 1 saturated heterocycles. The van der Waals surface area contributed by atoms with Crippen molar-refractivity contribution in [1.29, 1.82) is 10.8 Å². The summed E-state index contributed by atoms with van der Waals surface area (Å²) in [7, 11) is 0. The molecule has 0 saturated carbocycles. The van der Waals surface area contributed by atoms with Crippen molar-refractivity contribution in [3.05, 3.63) is 71.9 Å². The molecule has 1 fully saturated rings. The molecule has 1 unspecified atom stereocenters. The average molecular weight is 1020 g/mol. The topological polar surface area (TPSA) is 441 Å². The summed E-state index contributed by atoms with van der Waals surface area (Å²) < 4.78 is 0. The van der Waals surface area contributed by atoms with E-state index in [-0.39, 0.29) is 89.3 Å². The fraction of sp³-hybridized carbons (Fsp3) is 0.468. The van der Waals surface area contributed by atoms with Crippen molar-refractivity contribution < 1.29 is 43.2 Å². The van der Waals surface area contributed by atoms with Crippen LogP contribution in [-0.2, 0) is 56.0 Å². The molecule has 0 bridgehead atoms. The van der Waals surface area contributed by atoms with Gasteiger partial charge in [-0.25, -0.2) is 0 Å². The second-order valence-corrected chi connectivity index (χ2v) is 17.5. The van der Waals surface area contributed by atoms with Gasteiger partial charge in [0.2, 0.25) is 53.2 Å². The average Bonchev–Trinajstić information content (AvgIpc) is 3.75. The van der Waals surface area contributed by atoms with Crippen molar-refractivity contribution in [2.24, 2.45) is 22.9 Å². The Morgan fingerprint density at radius 2 is 1.30 bits per heavy atom. The van der Waals surface area contributed by atoms with Crippen molar-refractivity contribution in [3.8, 4) is 0 Å². The lowest BCUT2D eigenvalue weighted by Crippen LogP contribution is -2.61. The Morgan fingerprint density at radius 3 is 1.96 bits per heavy atom. The number of primary amides is 1. The monoisotopic (exact) mass is 1020 g/mol. The fourth-order valence-electron chi connectivity index (χ4n) is 7.95. The molecule has 3 aromatic rings. The van der Waals surface area contributed by atoms with E-state index < -0.39 is 108 Å². The van der Waals surface area contributed by atoms with Gasteiger partial charge in [0.05, 0.1) is 6.42 Å². The van der Waals surface area contributed by atoms with Crippen molar-refractivity contribution >= 4 is 76.0 Å². The summed E-state index contributed by atoms with van der Waals surface area (Å²) in [5.41, 5.74) is 24.7. The van der Waals surface area contributed by atoms with E-state index in [4.69, 9.17) is 33.8 Å². The summed E-state index contributed by atoms with van der Waals surface area (Å²) in [6.45, 7) is 0.959. The van der Waals surface area contributed by atoms with E-state index in [2.05, 4.69) is 58.2 Å². The molecule has 21 N–H and O–H groups in total. The molecule has 26 nitrogen and oxygen atoms in total. The molecular weight excluding hydrogens is 947 g/mol. The van der Waals surface area contributed by atoms with Crippen LogP contribution in [0, 0.1) is 10.8 Å². The van der Waals surface area contributed by atoms with Crippen LogP contribution in [0.2, 0.25) is 0 Å². The number of nitrogens with two attached hydrogens (primary N) is 4. The van der Waals surface area contributed by atoms with Crippen LogP contribution >= 0.6 is 0 Å². The highest BCUT2D eigenvalue weighted by Gasteiger charge is 2.35. The third-order valence-electron chi connectivity index (χ3n) is 11.7. The summed E-state index contributed by atoms with van der Waals surface area (Å²) in [5.74, 6) is -8.04. The van der Waals surface area contributed by atoms with E-state index in [1.807, 2.05) is 18.2 Å². The van der Waals surface area contributed by atoms with Gasteiger partial charge < -0.3 is 81.1 Å². The molecule has 1 aromatic heterocycles. The third kappa shape index (κ3) is 19.4. The lowest BCUT2D eigenvalue weighted by molar-refractivity contribution is -0.136. The van der Waals surface area contributed by atoms with E-state index >= 15 is 0 Å². The van der Waals surface area contributed by atoms with E-state index in [1.54, 1.807) is 42.6 Å². The maximum Gasteiger partial charge on any atom is 0.244 e. The Hall–Kier alpha value is -8.29. The second-order valence-electron chi connectivity index (χ2n) is 17.5. The summed E-state index contributed by atoms with van der Waals surface area (Å²) in [4.78, 5) is 127. The van der Waals surface area contributed by atoms with Gasteiger partial charge in [0.25, 0.3) is 0 Å². The van der Waals surface area contributed by atoms with Gasteiger partial charge in [0.15, 0.2) is 11.9 Å². The van der Waals surface area contributed by atoms with Crippen LogP contribution in [0.3, 0.4) is 0 Å². The molecule has 7 atom stereocenters. The summed E-state index contributed by atoms with van der Waals surface area (Å²) in [5, 5.41) is 41.9. The van der Waals surface area contributed by atoms with Gasteiger partial charge >= 0.3 is 0 Å². The molecule has 0 aliphatic carbocycles. The molecular formula is C47H69N17O9. The summed E-state index contributed by atoms with van der Waals surface area (Å²) >= 11 is 0. The Balaban J connectivity index is 1.73. The first-order chi connectivity index (χ1) is 34.8. The van der Waals surface area contributed by atoms with Crippen LogP contribution in [0.1, 0.15) is 69.4 Å². The predicted octanol–water partition coefficient (Wildman–Crippen LogP) is -3.97. The number of para-hydroxylation sites is 1. The molecule has 0 radical (unpaired) electrons. The number of fused-ring (bicyclic) bond motifs is 1. The van der Waals surface area contributed by atoms with Gasteiger partial charge in [0, 0.05) is 63.0 Å². The first-order valence-corrected chi connectivity index (χ1v) is 23.9. The molecule has 73 heavy (non-hydrogen) atoms. The number of nitrogens with one attached hydrogen (secondary N) is 13. The number of hydrogen-bond donors (Lipinski definition) is 17. The maximum atomic E-state index is 14.5. The number of aromatic amines is 1. The normalized spacial score (nSPS) is 21.3. The minimum Gasteiger partial charge on any atom is -0.370 e. The lowest BCUT2D eigenvalue weighted by atomic mass is 10.0. The second kappa shape index (κ2) is 29.1. The molecule has 1 aliphatic heterocycles. The van der Waals surface area contributed by atoms with E-state index in [9.17, 15) is 43.2 Å². The number of H-pyrrole nitrogens is 1. The molecule has 396 valence electrons. The zero-order valence-corrected chi connectivity index (χ0v) is 40.7. The standard InChI is InChI=1S/C47H69N17O9/c1-26(65)58-32(16-9-19-55-46(50)51)40(68)63-36-23-38(66)54-18-8-7-15-31(39(49)67)59-43(71)35(22-28-25-57-30-14-6-5-13-29(28)30)62-41(69)33(17-10-20-56-47(52)53)60-42(70)34(21-27-11-3-2-4-12-27)61-45(73)37(24-48)64-44(36)72/h2-6,11-14,25,31-37,57H,7-10,15-24,48H2,1H3,(H2,49,67)(H,54,66)(H,58,65)(H,59,71)(H,60,70)(H,61,73)(H,62,69)(H,63,68)(H,64,72)(H4,50,51,55)(H4,52,53,56)/t31?,32-,33-,34+,35-,36-,37-/m0/s1. The lowest BCUT2D eigenvalue weighted by Gasteiger charge is -2.27. The Kier molecular flexibility index (Phi) is 22.9. The number of amides is 9.